The van der Waals surface area contributed by atoms with Gasteiger partial charge in [-0.1, -0.05) is 84.9 Å². The third-order valence-corrected chi connectivity index (χ3v) is 7.13. The van der Waals surface area contributed by atoms with Crippen LogP contribution in [-0.2, 0) is 17.8 Å². The predicted octanol–water partition coefficient (Wildman–Crippen LogP) is 6.30. The molecule has 1 amide bonds. The van der Waals surface area contributed by atoms with Crippen molar-refractivity contribution in [1.29, 1.82) is 0 Å². The molecular formula is C30H29NO3. The maximum absolute atomic E-state index is 12.7. The standard InChI is InChI=1S/C30H29NO3/c1-22(32)24-11-13-25(14-12-24)28-20-30(19-26-9-5-6-10-27(26)28)15-17-31(18-16-30)29(33)34-21-23-7-3-2-4-8-23/h2-14,20H,15-19,21H2,1H3. The fourth-order valence-corrected chi connectivity index (χ4v) is 5.14. The summed E-state index contributed by atoms with van der Waals surface area (Å²) in [5, 5.41) is 0. The van der Waals surface area contributed by atoms with Gasteiger partial charge in [0.25, 0.3) is 0 Å². The summed E-state index contributed by atoms with van der Waals surface area (Å²) in [6.07, 6.45) is 4.96. The van der Waals surface area contributed by atoms with Crippen LogP contribution in [-0.4, -0.2) is 29.9 Å². The van der Waals surface area contributed by atoms with E-state index in [1.807, 2.05) is 47.4 Å². The van der Waals surface area contributed by atoms with Crippen LogP contribution in [0.1, 0.15) is 52.4 Å². The Morgan fingerprint density at radius 2 is 1.56 bits per heavy atom. The van der Waals surface area contributed by atoms with Crippen molar-refractivity contribution in [1.82, 2.24) is 4.90 Å². The molecule has 172 valence electrons. The number of amides is 1. The van der Waals surface area contributed by atoms with Crippen LogP contribution < -0.4 is 0 Å². The first-order valence-corrected chi connectivity index (χ1v) is 11.9. The molecule has 4 nitrogen and oxygen atoms in total. The summed E-state index contributed by atoms with van der Waals surface area (Å²) >= 11 is 0. The van der Waals surface area contributed by atoms with Crippen LogP contribution >= 0.6 is 0 Å². The second-order valence-electron chi connectivity index (χ2n) is 9.42. The fraction of sp³-hybridized carbons (Fsp3) is 0.267. The van der Waals surface area contributed by atoms with Crippen molar-refractivity contribution in [2.45, 2.75) is 32.8 Å². The zero-order valence-corrected chi connectivity index (χ0v) is 19.5. The van der Waals surface area contributed by atoms with Crippen molar-refractivity contribution >= 4 is 17.4 Å². The number of ketones is 1. The largest absolute Gasteiger partial charge is 0.445 e. The third kappa shape index (κ3) is 4.54. The van der Waals surface area contributed by atoms with Gasteiger partial charge in [0.05, 0.1) is 0 Å². The van der Waals surface area contributed by atoms with Gasteiger partial charge < -0.3 is 9.64 Å². The van der Waals surface area contributed by atoms with Crippen LogP contribution in [0.25, 0.3) is 5.57 Å². The van der Waals surface area contributed by atoms with Gasteiger partial charge in [-0.2, -0.15) is 0 Å². The number of Topliss-reactive ketones (excluding diaryl/α,β-unsaturated/α-hetero) is 1. The van der Waals surface area contributed by atoms with E-state index in [2.05, 4.69) is 42.5 Å². The number of fused-ring (bicyclic) bond motifs is 1. The SMILES string of the molecule is CC(=O)c1ccc(C2=CC3(CCN(C(=O)OCc4ccccc4)CC3)Cc3ccccc32)cc1. The van der Waals surface area contributed by atoms with Crippen molar-refractivity contribution in [2.24, 2.45) is 5.41 Å². The quantitative estimate of drug-likeness (QED) is 0.438. The van der Waals surface area contributed by atoms with E-state index in [9.17, 15) is 9.59 Å². The van der Waals surface area contributed by atoms with Gasteiger partial charge in [0, 0.05) is 18.7 Å². The minimum absolute atomic E-state index is 0.0130. The first-order valence-electron chi connectivity index (χ1n) is 11.9. The molecule has 2 aliphatic rings. The number of ether oxygens (including phenoxy) is 1. The lowest BCUT2D eigenvalue weighted by Crippen LogP contribution is -2.44. The Morgan fingerprint density at radius 1 is 0.882 bits per heavy atom. The molecule has 0 unspecified atom stereocenters. The molecule has 5 rings (SSSR count). The second kappa shape index (κ2) is 9.30. The van der Waals surface area contributed by atoms with E-state index in [0.717, 1.165) is 36.0 Å². The number of hydrogen-bond acceptors (Lipinski definition) is 3. The highest BCUT2D eigenvalue weighted by molar-refractivity contribution is 5.94. The first-order chi connectivity index (χ1) is 16.5. The molecule has 3 aromatic carbocycles. The van der Waals surface area contributed by atoms with Crippen LogP contribution in [0, 0.1) is 5.41 Å². The zero-order valence-electron chi connectivity index (χ0n) is 19.5. The molecule has 0 aromatic heterocycles. The molecule has 1 fully saturated rings. The number of carbonyl (C=O) groups excluding carboxylic acids is 2. The fourth-order valence-electron chi connectivity index (χ4n) is 5.14. The molecule has 4 heteroatoms. The number of rotatable bonds is 4. The van der Waals surface area contributed by atoms with E-state index in [4.69, 9.17) is 4.74 Å². The molecule has 0 N–H and O–H groups in total. The highest BCUT2D eigenvalue weighted by Gasteiger charge is 2.38. The highest BCUT2D eigenvalue weighted by atomic mass is 16.6. The number of benzene rings is 3. The van der Waals surface area contributed by atoms with Crippen molar-refractivity contribution < 1.29 is 14.3 Å². The van der Waals surface area contributed by atoms with Gasteiger partial charge in [0.2, 0.25) is 0 Å². The molecule has 1 aliphatic carbocycles. The maximum atomic E-state index is 12.7. The Morgan fingerprint density at radius 3 is 2.26 bits per heavy atom. The van der Waals surface area contributed by atoms with E-state index >= 15 is 0 Å². The van der Waals surface area contributed by atoms with Crippen LogP contribution in [0.2, 0.25) is 0 Å². The highest BCUT2D eigenvalue weighted by Crippen LogP contribution is 2.45. The van der Waals surface area contributed by atoms with E-state index < -0.39 is 0 Å². The lowest BCUT2D eigenvalue weighted by molar-refractivity contribution is 0.0722. The van der Waals surface area contributed by atoms with Crippen LogP contribution in [0.5, 0.6) is 0 Å². The third-order valence-electron chi connectivity index (χ3n) is 7.13. The van der Waals surface area contributed by atoms with Crippen LogP contribution in [0.3, 0.4) is 0 Å². The van der Waals surface area contributed by atoms with Crippen LogP contribution in [0.4, 0.5) is 4.79 Å². The van der Waals surface area contributed by atoms with Gasteiger partial charge in [-0.15, -0.1) is 0 Å². The Labute approximate surface area is 200 Å². The molecular weight excluding hydrogens is 422 g/mol. The Kier molecular flexibility index (Phi) is 6.06. The number of allylic oxidation sites excluding steroid dienone is 1. The van der Waals surface area contributed by atoms with Gasteiger partial charge in [-0.3, -0.25) is 4.79 Å². The molecule has 34 heavy (non-hydrogen) atoms. The average molecular weight is 452 g/mol. The maximum Gasteiger partial charge on any atom is 0.410 e. The minimum atomic E-state index is -0.237. The topological polar surface area (TPSA) is 46.6 Å². The summed E-state index contributed by atoms with van der Waals surface area (Å²) in [7, 11) is 0. The van der Waals surface area contributed by atoms with Gasteiger partial charge in [0.15, 0.2) is 5.78 Å². The smallest absolute Gasteiger partial charge is 0.410 e. The molecule has 0 radical (unpaired) electrons. The van der Waals surface area contributed by atoms with Gasteiger partial charge in [0.1, 0.15) is 6.61 Å². The van der Waals surface area contributed by atoms with Crippen molar-refractivity contribution in [3.63, 3.8) is 0 Å². The number of carbonyl (C=O) groups is 2. The Hall–Kier alpha value is -3.66. The van der Waals surface area contributed by atoms with Crippen molar-refractivity contribution in [3.8, 4) is 0 Å². The normalized spacial score (nSPS) is 16.5. The van der Waals surface area contributed by atoms with E-state index in [0.29, 0.717) is 19.7 Å². The molecule has 1 heterocycles. The summed E-state index contributed by atoms with van der Waals surface area (Å²) in [6, 6.07) is 26.3. The summed E-state index contributed by atoms with van der Waals surface area (Å²) in [4.78, 5) is 26.2. The molecule has 0 bridgehead atoms. The predicted molar refractivity (Wildman–Crippen MR) is 134 cm³/mol. The summed E-state index contributed by atoms with van der Waals surface area (Å²) in [6.45, 7) is 3.26. The monoisotopic (exact) mass is 451 g/mol. The van der Waals surface area contributed by atoms with E-state index in [1.165, 1.54) is 16.7 Å². The molecule has 1 saturated heterocycles. The minimum Gasteiger partial charge on any atom is -0.445 e. The summed E-state index contributed by atoms with van der Waals surface area (Å²) in [5.74, 6) is 0.0765. The first kappa shape index (κ1) is 22.1. The molecule has 0 saturated carbocycles. The van der Waals surface area contributed by atoms with Crippen LogP contribution in [0.15, 0.2) is 84.9 Å². The molecule has 1 aliphatic heterocycles. The second-order valence-corrected chi connectivity index (χ2v) is 9.42. The lowest BCUT2D eigenvalue weighted by Gasteiger charge is -2.43. The molecule has 0 atom stereocenters. The van der Waals surface area contributed by atoms with Gasteiger partial charge in [-0.05, 0) is 59.4 Å². The Bertz CT molecular complexity index is 1220. The molecule has 1 spiro atoms. The number of nitrogens with zero attached hydrogens (tertiary/aromatic N) is 1. The zero-order chi connectivity index (χ0) is 23.5. The van der Waals surface area contributed by atoms with E-state index in [1.54, 1.807) is 6.92 Å². The van der Waals surface area contributed by atoms with Gasteiger partial charge >= 0.3 is 6.09 Å². The van der Waals surface area contributed by atoms with E-state index in [-0.39, 0.29) is 17.3 Å². The Balaban J connectivity index is 1.34. The summed E-state index contributed by atoms with van der Waals surface area (Å²) in [5.41, 5.74) is 6.68. The van der Waals surface area contributed by atoms with Crippen molar-refractivity contribution in [2.75, 3.05) is 13.1 Å². The molecule has 3 aromatic rings. The lowest BCUT2D eigenvalue weighted by atomic mass is 9.67. The number of piperidine rings is 1. The summed E-state index contributed by atoms with van der Waals surface area (Å²) < 4.78 is 5.56. The number of likely N-dealkylation sites (tertiary alicyclic amines) is 1. The van der Waals surface area contributed by atoms with Gasteiger partial charge in [-0.25, -0.2) is 4.79 Å². The van der Waals surface area contributed by atoms with Crippen molar-refractivity contribution in [3.05, 3.63) is 113 Å². The average Bonchev–Trinajstić information content (AvgIpc) is 2.88. The number of hydrogen-bond donors (Lipinski definition) is 0.